The molecule has 6 nitrogen and oxygen atoms in total. The van der Waals surface area contributed by atoms with Crippen LogP contribution in [0.15, 0.2) is 0 Å². The minimum Gasteiger partial charge on any atom is -0.344 e. The topological polar surface area (TPSA) is 62.6 Å². The summed E-state index contributed by atoms with van der Waals surface area (Å²) in [7, 11) is 2.14. The number of hydrogen-bond donors (Lipinski definition) is 1. The average Bonchev–Trinajstić information content (AvgIpc) is 3.27. The van der Waals surface area contributed by atoms with E-state index in [1.54, 1.807) is 0 Å². The van der Waals surface area contributed by atoms with Gasteiger partial charge in [-0.25, -0.2) is 4.98 Å². The molecule has 2 aliphatic carbocycles. The number of nitrogens with one attached hydrogen (secondary N) is 1. The third-order valence-corrected chi connectivity index (χ3v) is 6.47. The van der Waals surface area contributed by atoms with Gasteiger partial charge < -0.3 is 9.55 Å². The first-order valence-corrected chi connectivity index (χ1v) is 9.99. The number of aromatic nitrogens is 5. The molecule has 5 rings (SSSR count). The normalized spacial score (nSPS) is 24.4. The number of fused-ring (bicyclic) bond motifs is 1. The lowest BCUT2D eigenvalue weighted by Crippen LogP contribution is -2.25. The third-order valence-electron chi connectivity index (χ3n) is 6.47. The van der Waals surface area contributed by atoms with Gasteiger partial charge in [-0.15, -0.1) is 10.2 Å². The number of likely N-dealkylation sites (tertiary alicyclic amines) is 1. The van der Waals surface area contributed by atoms with E-state index in [9.17, 15) is 0 Å². The highest BCUT2D eigenvalue weighted by molar-refractivity contribution is 5.20. The highest BCUT2D eigenvalue weighted by atomic mass is 15.3. The lowest BCUT2D eigenvalue weighted by atomic mass is 9.85. The number of aromatic amines is 1. The van der Waals surface area contributed by atoms with Crippen molar-refractivity contribution in [3.63, 3.8) is 0 Å². The third kappa shape index (κ3) is 2.71. The summed E-state index contributed by atoms with van der Waals surface area (Å²) in [6.07, 6.45) is 11.2. The largest absolute Gasteiger partial charge is 0.344 e. The molecule has 1 unspecified atom stereocenters. The predicted molar refractivity (Wildman–Crippen MR) is 95.2 cm³/mol. The number of hydrogen-bond acceptors (Lipinski definition) is 4. The molecule has 1 atom stereocenters. The van der Waals surface area contributed by atoms with Gasteiger partial charge in [-0.05, 0) is 57.9 Å². The van der Waals surface area contributed by atoms with Gasteiger partial charge in [-0.2, -0.15) is 0 Å². The predicted octanol–water partition coefficient (Wildman–Crippen LogP) is 3.02. The first-order chi connectivity index (χ1) is 12.3. The fraction of sp³-hybridized carbons (Fsp3) is 0.737. The van der Waals surface area contributed by atoms with Crippen molar-refractivity contribution in [3.8, 4) is 0 Å². The van der Waals surface area contributed by atoms with Crippen LogP contribution in [-0.4, -0.2) is 36.2 Å². The van der Waals surface area contributed by atoms with Crippen LogP contribution >= 0.6 is 0 Å². The number of aryl methyl sites for hydroxylation is 2. The quantitative estimate of drug-likeness (QED) is 0.929. The van der Waals surface area contributed by atoms with Crippen LogP contribution in [0.4, 0.5) is 0 Å². The molecule has 1 aliphatic heterocycles. The standard InChI is InChI=1S/C19H28N6/c1-24-17(22-23-19(24)13-6-4-7-13)12-25-11-5-10-16(25)18-20-14-8-2-3-9-15(14)21-18/h13,16H,2-12H2,1H3,(H,20,21). The lowest BCUT2D eigenvalue weighted by Gasteiger charge is -2.25. The Kier molecular flexibility index (Phi) is 3.88. The minimum atomic E-state index is 0.412. The molecule has 0 spiro atoms. The van der Waals surface area contributed by atoms with E-state index in [2.05, 4.69) is 31.7 Å². The molecule has 134 valence electrons. The smallest absolute Gasteiger partial charge is 0.146 e. The zero-order chi connectivity index (χ0) is 16.8. The molecule has 1 saturated carbocycles. The van der Waals surface area contributed by atoms with Gasteiger partial charge >= 0.3 is 0 Å². The average molecular weight is 340 g/mol. The van der Waals surface area contributed by atoms with Crippen molar-refractivity contribution in [2.75, 3.05) is 6.54 Å². The second-order valence-corrected chi connectivity index (χ2v) is 8.04. The van der Waals surface area contributed by atoms with E-state index >= 15 is 0 Å². The van der Waals surface area contributed by atoms with Crippen LogP contribution in [0.2, 0.25) is 0 Å². The van der Waals surface area contributed by atoms with Crippen molar-refractivity contribution in [1.82, 2.24) is 29.6 Å². The van der Waals surface area contributed by atoms with Crippen molar-refractivity contribution in [2.24, 2.45) is 7.05 Å². The molecule has 0 aromatic carbocycles. The summed E-state index contributed by atoms with van der Waals surface area (Å²) < 4.78 is 2.24. The van der Waals surface area contributed by atoms with Crippen LogP contribution in [-0.2, 0) is 26.4 Å². The Balaban J connectivity index is 1.35. The van der Waals surface area contributed by atoms with Crippen molar-refractivity contribution in [3.05, 3.63) is 28.9 Å². The second-order valence-electron chi connectivity index (χ2n) is 8.04. The molecular formula is C19H28N6. The van der Waals surface area contributed by atoms with Crippen LogP contribution in [0.25, 0.3) is 0 Å². The van der Waals surface area contributed by atoms with Crippen molar-refractivity contribution < 1.29 is 0 Å². The molecular weight excluding hydrogens is 312 g/mol. The number of nitrogens with zero attached hydrogens (tertiary/aromatic N) is 5. The molecule has 25 heavy (non-hydrogen) atoms. The van der Waals surface area contributed by atoms with E-state index < -0.39 is 0 Å². The molecule has 3 aliphatic rings. The molecule has 1 N–H and O–H groups in total. The highest BCUT2D eigenvalue weighted by Crippen LogP contribution is 2.36. The van der Waals surface area contributed by atoms with Crippen LogP contribution in [0.1, 0.15) is 85.8 Å². The molecule has 6 heteroatoms. The fourth-order valence-electron chi connectivity index (χ4n) is 4.67. The number of H-pyrrole nitrogens is 1. The zero-order valence-corrected chi connectivity index (χ0v) is 15.2. The van der Waals surface area contributed by atoms with E-state index in [1.165, 1.54) is 74.4 Å². The lowest BCUT2D eigenvalue weighted by molar-refractivity contribution is 0.231. The first kappa shape index (κ1) is 15.6. The van der Waals surface area contributed by atoms with E-state index in [-0.39, 0.29) is 0 Å². The first-order valence-electron chi connectivity index (χ1n) is 9.99. The van der Waals surface area contributed by atoms with Gasteiger partial charge in [0.2, 0.25) is 0 Å². The Hall–Kier alpha value is -1.69. The minimum absolute atomic E-state index is 0.412. The Morgan fingerprint density at radius 1 is 1.04 bits per heavy atom. The Labute approximate surface area is 149 Å². The van der Waals surface area contributed by atoms with E-state index in [0.29, 0.717) is 12.0 Å². The van der Waals surface area contributed by atoms with E-state index in [4.69, 9.17) is 4.98 Å². The van der Waals surface area contributed by atoms with Crippen LogP contribution in [0, 0.1) is 0 Å². The molecule has 0 radical (unpaired) electrons. The molecule has 1 saturated heterocycles. The Bertz CT molecular complexity index is 733. The summed E-state index contributed by atoms with van der Waals surface area (Å²) in [6.45, 7) is 2.01. The molecule has 2 aromatic rings. The maximum absolute atomic E-state index is 4.96. The number of imidazole rings is 1. The van der Waals surface area contributed by atoms with Gasteiger partial charge in [-0.3, -0.25) is 4.90 Å². The van der Waals surface area contributed by atoms with Crippen molar-refractivity contribution >= 4 is 0 Å². The second kappa shape index (κ2) is 6.24. The summed E-state index contributed by atoms with van der Waals surface area (Å²) in [5.74, 6) is 4.11. The van der Waals surface area contributed by atoms with Crippen LogP contribution in [0.3, 0.4) is 0 Å². The maximum Gasteiger partial charge on any atom is 0.146 e. The van der Waals surface area contributed by atoms with Crippen LogP contribution < -0.4 is 0 Å². The summed E-state index contributed by atoms with van der Waals surface area (Å²) in [5, 5.41) is 9.01. The van der Waals surface area contributed by atoms with Gasteiger partial charge in [0.1, 0.15) is 17.5 Å². The van der Waals surface area contributed by atoms with Gasteiger partial charge in [0, 0.05) is 18.7 Å². The van der Waals surface area contributed by atoms with Crippen molar-refractivity contribution in [2.45, 2.75) is 76.3 Å². The summed E-state index contributed by atoms with van der Waals surface area (Å²) in [6, 6.07) is 0.412. The molecule has 3 heterocycles. The SMILES string of the molecule is Cn1c(CN2CCCC2c2nc3c([nH]2)CCCC3)nnc1C1CCC1. The molecule has 0 bridgehead atoms. The van der Waals surface area contributed by atoms with E-state index in [0.717, 1.165) is 25.3 Å². The Morgan fingerprint density at radius 2 is 1.92 bits per heavy atom. The van der Waals surface area contributed by atoms with Gasteiger partial charge in [0.25, 0.3) is 0 Å². The summed E-state index contributed by atoms with van der Waals surface area (Å²) in [5.41, 5.74) is 2.71. The Morgan fingerprint density at radius 3 is 2.72 bits per heavy atom. The van der Waals surface area contributed by atoms with Gasteiger partial charge in [0.05, 0.1) is 18.3 Å². The highest BCUT2D eigenvalue weighted by Gasteiger charge is 2.32. The molecule has 2 fully saturated rings. The molecule has 0 amide bonds. The van der Waals surface area contributed by atoms with Crippen LogP contribution in [0.5, 0.6) is 0 Å². The van der Waals surface area contributed by atoms with E-state index in [1.807, 2.05) is 0 Å². The van der Waals surface area contributed by atoms with Gasteiger partial charge in [-0.1, -0.05) is 6.42 Å². The summed E-state index contributed by atoms with van der Waals surface area (Å²) >= 11 is 0. The monoisotopic (exact) mass is 340 g/mol. The zero-order valence-electron chi connectivity index (χ0n) is 15.2. The fourth-order valence-corrected chi connectivity index (χ4v) is 4.67. The molecule has 2 aromatic heterocycles. The van der Waals surface area contributed by atoms with Crippen molar-refractivity contribution in [1.29, 1.82) is 0 Å². The maximum atomic E-state index is 4.96. The number of rotatable bonds is 4. The summed E-state index contributed by atoms with van der Waals surface area (Å²) in [4.78, 5) is 11.2. The van der Waals surface area contributed by atoms with Gasteiger partial charge in [0.15, 0.2) is 0 Å².